The van der Waals surface area contributed by atoms with Crippen molar-refractivity contribution >= 4 is 9.84 Å². The molecule has 3 atom stereocenters. The molecule has 0 amide bonds. The molecule has 90 valence electrons. The van der Waals surface area contributed by atoms with Crippen molar-refractivity contribution in [2.75, 3.05) is 11.5 Å². The molecule has 7 nitrogen and oxygen atoms in total. The quantitative estimate of drug-likeness (QED) is 0.670. The molecule has 0 aromatic carbocycles. The van der Waals surface area contributed by atoms with Gasteiger partial charge in [0.15, 0.2) is 9.84 Å². The minimum atomic E-state index is -3.20. The monoisotopic (exact) mass is 247 g/mol. The standard InChI is InChI=1S/C8H13N3O4S/c1-5(12)6-2-11(10-9-6)7-3-16(14,15)4-8(7)13/h2,5,7-8,12-13H,3-4H2,1H3. The van der Waals surface area contributed by atoms with E-state index >= 15 is 0 Å². The molecule has 1 aromatic rings. The largest absolute Gasteiger partial charge is 0.390 e. The highest BCUT2D eigenvalue weighted by Crippen LogP contribution is 2.24. The van der Waals surface area contributed by atoms with Gasteiger partial charge in [0.25, 0.3) is 0 Å². The molecule has 1 aromatic heterocycles. The lowest BCUT2D eigenvalue weighted by atomic mass is 10.2. The van der Waals surface area contributed by atoms with E-state index in [4.69, 9.17) is 0 Å². The Morgan fingerprint density at radius 2 is 2.25 bits per heavy atom. The van der Waals surface area contributed by atoms with Gasteiger partial charge in [-0.15, -0.1) is 5.10 Å². The van der Waals surface area contributed by atoms with E-state index in [0.717, 1.165) is 0 Å². The van der Waals surface area contributed by atoms with Crippen molar-refractivity contribution in [3.63, 3.8) is 0 Å². The van der Waals surface area contributed by atoms with Gasteiger partial charge in [0.1, 0.15) is 5.69 Å². The van der Waals surface area contributed by atoms with Crippen molar-refractivity contribution in [2.24, 2.45) is 0 Å². The first-order chi connectivity index (χ1) is 7.39. The maximum absolute atomic E-state index is 11.3. The van der Waals surface area contributed by atoms with Crippen LogP contribution in [0.4, 0.5) is 0 Å². The van der Waals surface area contributed by atoms with E-state index in [2.05, 4.69) is 10.3 Å². The van der Waals surface area contributed by atoms with Crippen LogP contribution in [-0.2, 0) is 9.84 Å². The molecule has 0 radical (unpaired) electrons. The van der Waals surface area contributed by atoms with Crippen molar-refractivity contribution < 1.29 is 18.6 Å². The van der Waals surface area contributed by atoms with Gasteiger partial charge in [0.2, 0.25) is 0 Å². The molecule has 8 heteroatoms. The fraction of sp³-hybridized carbons (Fsp3) is 0.750. The highest BCUT2D eigenvalue weighted by Gasteiger charge is 2.38. The van der Waals surface area contributed by atoms with Crippen LogP contribution in [0.25, 0.3) is 0 Å². The number of hydrogen-bond acceptors (Lipinski definition) is 6. The van der Waals surface area contributed by atoms with Crippen LogP contribution in [0.3, 0.4) is 0 Å². The highest BCUT2D eigenvalue weighted by molar-refractivity contribution is 7.91. The molecule has 1 fully saturated rings. The van der Waals surface area contributed by atoms with E-state index in [1.807, 2.05) is 0 Å². The lowest BCUT2D eigenvalue weighted by molar-refractivity contribution is 0.145. The maximum Gasteiger partial charge on any atom is 0.155 e. The van der Waals surface area contributed by atoms with Crippen LogP contribution in [-0.4, -0.2) is 51.2 Å². The van der Waals surface area contributed by atoms with Gasteiger partial charge in [0, 0.05) is 0 Å². The number of nitrogens with zero attached hydrogens (tertiary/aromatic N) is 3. The van der Waals surface area contributed by atoms with Crippen LogP contribution in [0.2, 0.25) is 0 Å². The summed E-state index contributed by atoms with van der Waals surface area (Å²) < 4.78 is 23.9. The van der Waals surface area contributed by atoms with Gasteiger partial charge in [0.05, 0.1) is 36.0 Å². The van der Waals surface area contributed by atoms with E-state index in [0.29, 0.717) is 5.69 Å². The Hall–Kier alpha value is -0.990. The lowest BCUT2D eigenvalue weighted by Gasteiger charge is -2.11. The second-order valence-electron chi connectivity index (χ2n) is 4.01. The molecule has 0 spiro atoms. The van der Waals surface area contributed by atoms with E-state index in [9.17, 15) is 18.6 Å². The summed E-state index contributed by atoms with van der Waals surface area (Å²) in [5.41, 5.74) is 0.358. The van der Waals surface area contributed by atoms with Gasteiger partial charge in [-0.25, -0.2) is 13.1 Å². The first kappa shape index (κ1) is 11.5. The fourth-order valence-corrected chi connectivity index (χ4v) is 3.48. The van der Waals surface area contributed by atoms with Crippen LogP contribution in [0.5, 0.6) is 0 Å². The topological polar surface area (TPSA) is 105 Å². The number of aliphatic hydroxyl groups excluding tert-OH is 2. The van der Waals surface area contributed by atoms with E-state index in [1.165, 1.54) is 17.8 Å². The molecule has 1 aliphatic rings. The summed E-state index contributed by atoms with van der Waals surface area (Å²) in [5, 5.41) is 26.3. The average molecular weight is 247 g/mol. The summed E-state index contributed by atoms with van der Waals surface area (Å²) in [6, 6.07) is -0.606. The summed E-state index contributed by atoms with van der Waals surface area (Å²) >= 11 is 0. The SMILES string of the molecule is CC(O)c1cn(C2CS(=O)(=O)CC2O)nn1. The van der Waals surface area contributed by atoms with Crippen molar-refractivity contribution in [2.45, 2.75) is 25.2 Å². The molecule has 1 saturated heterocycles. The highest BCUT2D eigenvalue weighted by atomic mass is 32.2. The fourth-order valence-electron chi connectivity index (χ4n) is 1.71. The van der Waals surface area contributed by atoms with Gasteiger partial charge >= 0.3 is 0 Å². The summed E-state index contributed by atoms with van der Waals surface area (Å²) in [7, 11) is -3.20. The van der Waals surface area contributed by atoms with Crippen LogP contribution in [0, 0.1) is 0 Å². The van der Waals surface area contributed by atoms with Crippen LogP contribution in [0.1, 0.15) is 24.8 Å². The normalized spacial score (nSPS) is 30.4. The molecule has 3 unspecified atom stereocenters. The summed E-state index contributed by atoms with van der Waals surface area (Å²) in [6.07, 6.45) is -0.267. The number of aliphatic hydroxyl groups is 2. The number of rotatable bonds is 2. The van der Waals surface area contributed by atoms with Gasteiger partial charge in [-0.1, -0.05) is 5.21 Å². The lowest BCUT2D eigenvalue weighted by Crippen LogP contribution is -2.22. The Balaban J connectivity index is 2.25. The maximum atomic E-state index is 11.3. The third-order valence-corrected chi connectivity index (χ3v) is 4.29. The predicted octanol–water partition coefficient (Wildman–Crippen LogP) is -1.34. The smallest absolute Gasteiger partial charge is 0.155 e. The van der Waals surface area contributed by atoms with Gasteiger partial charge in [-0.2, -0.15) is 0 Å². The third-order valence-electron chi connectivity index (χ3n) is 2.59. The minimum absolute atomic E-state index is 0.142. The Morgan fingerprint density at radius 1 is 1.56 bits per heavy atom. The average Bonchev–Trinajstić information content (AvgIpc) is 2.69. The van der Waals surface area contributed by atoms with Crippen LogP contribution < -0.4 is 0 Å². The molecular weight excluding hydrogens is 234 g/mol. The molecule has 0 bridgehead atoms. The molecule has 2 rings (SSSR count). The molecule has 0 saturated carbocycles. The summed E-state index contributed by atoms with van der Waals surface area (Å²) in [6.45, 7) is 1.54. The third kappa shape index (κ3) is 2.08. The van der Waals surface area contributed by atoms with Crippen molar-refractivity contribution in [1.82, 2.24) is 15.0 Å². The van der Waals surface area contributed by atoms with Crippen molar-refractivity contribution in [3.8, 4) is 0 Å². The number of aromatic nitrogens is 3. The molecule has 16 heavy (non-hydrogen) atoms. The Kier molecular flexibility index (Phi) is 2.72. The zero-order valence-corrected chi connectivity index (χ0v) is 9.50. The number of sulfone groups is 1. The van der Waals surface area contributed by atoms with Gasteiger partial charge in [-0.05, 0) is 6.92 Å². The first-order valence-corrected chi connectivity index (χ1v) is 6.69. The van der Waals surface area contributed by atoms with Crippen LogP contribution in [0.15, 0.2) is 6.20 Å². The summed E-state index contributed by atoms with van der Waals surface area (Å²) in [5.74, 6) is -0.391. The predicted molar refractivity (Wildman–Crippen MR) is 54.4 cm³/mol. The first-order valence-electron chi connectivity index (χ1n) is 4.87. The Morgan fingerprint density at radius 3 is 2.69 bits per heavy atom. The van der Waals surface area contributed by atoms with Gasteiger partial charge in [-0.3, -0.25) is 0 Å². The van der Waals surface area contributed by atoms with Crippen LogP contribution >= 0.6 is 0 Å². The van der Waals surface area contributed by atoms with E-state index < -0.39 is 28.1 Å². The van der Waals surface area contributed by atoms with Crippen molar-refractivity contribution in [1.29, 1.82) is 0 Å². The second-order valence-corrected chi connectivity index (χ2v) is 6.16. The molecule has 2 heterocycles. The molecule has 2 N–H and O–H groups in total. The molecule has 0 aliphatic carbocycles. The Labute approximate surface area is 92.6 Å². The zero-order valence-electron chi connectivity index (χ0n) is 8.68. The van der Waals surface area contributed by atoms with Gasteiger partial charge < -0.3 is 10.2 Å². The second kappa shape index (κ2) is 3.79. The summed E-state index contributed by atoms with van der Waals surface area (Å²) in [4.78, 5) is 0. The zero-order chi connectivity index (χ0) is 11.9. The van der Waals surface area contributed by atoms with E-state index in [1.54, 1.807) is 0 Å². The minimum Gasteiger partial charge on any atom is -0.390 e. The van der Waals surface area contributed by atoms with E-state index in [-0.39, 0.29) is 11.5 Å². The molecular formula is C8H13N3O4S. The number of hydrogen-bond donors (Lipinski definition) is 2. The van der Waals surface area contributed by atoms with Crippen molar-refractivity contribution in [3.05, 3.63) is 11.9 Å². The molecule has 1 aliphatic heterocycles. The Bertz CT molecular complexity index is 481.